The Morgan fingerprint density at radius 2 is 1.43 bits per heavy atom. The Labute approximate surface area is 365 Å². The molecule has 1 aliphatic carbocycles. The van der Waals surface area contributed by atoms with Crippen LogP contribution in [0.5, 0.6) is 0 Å². The molecule has 326 valence electrons. The number of amides is 3. The second-order valence-corrected chi connectivity index (χ2v) is 16.8. The summed E-state index contributed by atoms with van der Waals surface area (Å²) < 4.78 is 9.78. The molecule has 1 aliphatic rings. The zero-order chi connectivity index (χ0) is 43.7. The number of ether oxygens (including phenoxy) is 2. The van der Waals surface area contributed by atoms with Gasteiger partial charge >= 0.3 is 11.9 Å². The normalized spacial score (nSPS) is 12.2. The molecule has 0 unspecified atom stereocenters. The number of likely N-dealkylation sites (N-methyl/N-ethyl adjacent to an activating group) is 1. The van der Waals surface area contributed by atoms with E-state index in [9.17, 15) is 24.0 Å². The van der Waals surface area contributed by atoms with Crippen LogP contribution in [0.15, 0.2) is 72.8 Å². The van der Waals surface area contributed by atoms with Gasteiger partial charge in [0.05, 0.1) is 24.8 Å². The Morgan fingerprint density at radius 1 is 0.754 bits per heavy atom. The van der Waals surface area contributed by atoms with E-state index in [0.29, 0.717) is 85.3 Å². The average molecular weight is 851 g/mol. The summed E-state index contributed by atoms with van der Waals surface area (Å²) >= 11 is 1.50. The first kappa shape index (κ1) is 46.7. The molecule has 0 fully saturated rings. The van der Waals surface area contributed by atoms with Gasteiger partial charge < -0.3 is 25.0 Å². The van der Waals surface area contributed by atoms with Crippen LogP contribution in [0.1, 0.15) is 130 Å². The lowest BCUT2D eigenvalue weighted by Crippen LogP contribution is -2.41. The van der Waals surface area contributed by atoms with Gasteiger partial charge in [0.25, 0.3) is 11.8 Å². The van der Waals surface area contributed by atoms with Crippen LogP contribution in [0.4, 0.5) is 10.7 Å². The van der Waals surface area contributed by atoms with E-state index < -0.39 is 0 Å². The van der Waals surface area contributed by atoms with E-state index in [0.717, 1.165) is 78.5 Å². The molecule has 0 aliphatic heterocycles. The molecule has 0 atom stereocenters. The molecule has 12 heteroatoms. The maximum absolute atomic E-state index is 14.0. The van der Waals surface area contributed by atoms with Crippen LogP contribution >= 0.6 is 11.3 Å². The number of esters is 2. The largest absolute Gasteiger partial charge is 0.466 e. The van der Waals surface area contributed by atoms with Crippen molar-refractivity contribution in [3.8, 4) is 0 Å². The summed E-state index contributed by atoms with van der Waals surface area (Å²) in [7, 11) is 3.20. The van der Waals surface area contributed by atoms with E-state index in [-0.39, 0.29) is 29.7 Å². The molecule has 1 heterocycles. The van der Waals surface area contributed by atoms with Gasteiger partial charge in [0.1, 0.15) is 5.00 Å². The summed E-state index contributed by atoms with van der Waals surface area (Å²) in [4.78, 5) is 69.5. The van der Waals surface area contributed by atoms with Crippen molar-refractivity contribution in [2.45, 2.75) is 110 Å². The van der Waals surface area contributed by atoms with Gasteiger partial charge in [-0.3, -0.25) is 24.1 Å². The van der Waals surface area contributed by atoms with Crippen molar-refractivity contribution >= 4 is 51.7 Å². The molecule has 0 spiro atoms. The number of anilines is 2. The molecule has 0 saturated carbocycles. The smallest absolute Gasteiger partial charge is 0.337 e. The van der Waals surface area contributed by atoms with Crippen molar-refractivity contribution in [1.82, 2.24) is 9.80 Å². The lowest BCUT2D eigenvalue weighted by atomic mass is 9.95. The summed E-state index contributed by atoms with van der Waals surface area (Å²) in [6.45, 7) is 8.37. The second kappa shape index (κ2) is 23.6. The highest BCUT2D eigenvalue weighted by atomic mass is 32.1. The number of rotatable bonds is 22. The number of methoxy groups -OCH3 is 1. The zero-order valence-corrected chi connectivity index (χ0v) is 37.3. The molecular weight excluding hydrogens is 789 g/mol. The molecule has 3 aromatic carbocycles. The number of benzene rings is 3. The van der Waals surface area contributed by atoms with Crippen LogP contribution in [-0.2, 0) is 51.3 Å². The molecule has 0 bridgehead atoms. The van der Waals surface area contributed by atoms with E-state index in [1.54, 1.807) is 30.0 Å². The first-order valence-electron chi connectivity index (χ1n) is 21.8. The number of aryl methyl sites for hydroxylation is 3. The van der Waals surface area contributed by atoms with Crippen molar-refractivity contribution in [3.05, 3.63) is 117 Å². The number of nitrogens with zero attached hydrogens (tertiary/aromatic N) is 2. The van der Waals surface area contributed by atoms with Gasteiger partial charge in [0.15, 0.2) is 0 Å². The molecule has 4 aromatic rings. The lowest BCUT2D eigenvalue weighted by Gasteiger charge is -2.32. The summed E-state index contributed by atoms with van der Waals surface area (Å²) in [5.41, 5.74) is 6.52. The topological polar surface area (TPSA) is 134 Å². The monoisotopic (exact) mass is 850 g/mol. The van der Waals surface area contributed by atoms with Gasteiger partial charge in [0.2, 0.25) is 5.91 Å². The Balaban J connectivity index is 1.21. The number of hydrogen-bond donors (Lipinski definition) is 2. The van der Waals surface area contributed by atoms with Crippen LogP contribution in [0.25, 0.3) is 0 Å². The average Bonchev–Trinajstić information content (AvgIpc) is 3.64. The van der Waals surface area contributed by atoms with Crippen molar-refractivity contribution in [1.29, 1.82) is 0 Å². The van der Waals surface area contributed by atoms with Crippen LogP contribution in [0, 0.1) is 0 Å². The summed E-state index contributed by atoms with van der Waals surface area (Å²) in [5.74, 6) is -1.02. The Bertz CT molecular complexity index is 2090. The van der Waals surface area contributed by atoms with Gasteiger partial charge in [-0.05, 0) is 130 Å². The van der Waals surface area contributed by atoms with E-state index >= 15 is 0 Å². The summed E-state index contributed by atoms with van der Waals surface area (Å²) in [5, 5.41) is 6.79. The van der Waals surface area contributed by atoms with E-state index in [1.165, 1.54) is 18.4 Å². The predicted molar refractivity (Wildman–Crippen MR) is 242 cm³/mol. The molecular formula is C49H62N4O7S. The molecule has 11 nitrogen and oxygen atoms in total. The SMILES string of the molecule is CCOC(=O)CCCCC(=O)N(C)CCN(Cc1cccc(C(=O)Nc2sc3c(c2C(=O)Nc2ccc(CCc4ccc(C(=O)OC)cc4)cc2)CCCC3)c1)C(CC)CC. The van der Waals surface area contributed by atoms with Gasteiger partial charge in [-0.25, -0.2) is 4.79 Å². The van der Waals surface area contributed by atoms with Crippen molar-refractivity contribution in [2.24, 2.45) is 0 Å². The third kappa shape index (κ3) is 13.6. The number of fused-ring (bicyclic) bond motifs is 1. The third-order valence-corrected chi connectivity index (χ3v) is 12.6. The lowest BCUT2D eigenvalue weighted by molar-refractivity contribution is -0.143. The number of carbonyl (C=O) groups is 5. The van der Waals surface area contributed by atoms with Crippen LogP contribution < -0.4 is 10.6 Å². The van der Waals surface area contributed by atoms with Crippen LogP contribution in [0.2, 0.25) is 0 Å². The van der Waals surface area contributed by atoms with Gasteiger partial charge in [-0.1, -0.05) is 50.2 Å². The first-order chi connectivity index (χ1) is 29.5. The fraction of sp³-hybridized carbons (Fsp3) is 0.449. The van der Waals surface area contributed by atoms with Crippen molar-refractivity contribution in [3.63, 3.8) is 0 Å². The van der Waals surface area contributed by atoms with Crippen LogP contribution in [-0.4, -0.2) is 79.4 Å². The Kier molecular flexibility index (Phi) is 18.1. The standard InChI is InChI=1S/C49H62N4O7S/c1-6-40(7-2)53(31-30-52(4)43(54)18-11-12-19-44(55)60-8-3)33-36-14-13-15-38(32-36)46(56)51-48-45(41-16-9-10-17-42(41)61-48)47(57)50-39-28-24-35(25-29-39)21-20-34-22-26-37(27-23-34)49(58)59-5/h13-15,22-29,32,40H,6-12,16-21,30-31,33H2,1-5H3,(H,50,57)(H,51,56). The highest BCUT2D eigenvalue weighted by molar-refractivity contribution is 7.17. The highest BCUT2D eigenvalue weighted by Gasteiger charge is 2.27. The number of hydrogen-bond acceptors (Lipinski definition) is 9. The Morgan fingerprint density at radius 3 is 2.10 bits per heavy atom. The van der Waals surface area contributed by atoms with E-state index in [1.807, 2.05) is 61.6 Å². The molecule has 3 amide bonds. The minimum absolute atomic E-state index is 0.0577. The number of nitrogens with one attached hydrogen (secondary N) is 2. The van der Waals surface area contributed by atoms with E-state index in [4.69, 9.17) is 9.47 Å². The van der Waals surface area contributed by atoms with Gasteiger partial charge in [0, 0.05) is 61.7 Å². The second-order valence-electron chi connectivity index (χ2n) is 15.7. The molecule has 0 radical (unpaired) electrons. The predicted octanol–water partition coefficient (Wildman–Crippen LogP) is 9.28. The maximum Gasteiger partial charge on any atom is 0.337 e. The molecule has 61 heavy (non-hydrogen) atoms. The zero-order valence-electron chi connectivity index (χ0n) is 36.5. The van der Waals surface area contributed by atoms with Crippen molar-refractivity contribution < 1.29 is 33.4 Å². The third-order valence-electron chi connectivity index (χ3n) is 11.4. The summed E-state index contributed by atoms with van der Waals surface area (Å²) in [6.07, 6.45) is 9.22. The minimum Gasteiger partial charge on any atom is -0.466 e. The molecule has 0 saturated heterocycles. The van der Waals surface area contributed by atoms with Crippen LogP contribution in [0.3, 0.4) is 0 Å². The first-order valence-corrected chi connectivity index (χ1v) is 22.6. The van der Waals surface area contributed by atoms with Gasteiger partial charge in [-0.15, -0.1) is 11.3 Å². The van der Waals surface area contributed by atoms with E-state index in [2.05, 4.69) is 29.4 Å². The fourth-order valence-electron chi connectivity index (χ4n) is 7.85. The van der Waals surface area contributed by atoms with Gasteiger partial charge in [-0.2, -0.15) is 0 Å². The molecule has 5 rings (SSSR count). The fourth-order valence-corrected chi connectivity index (χ4v) is 9.13. The highest BCUT2D eigenvalue weighted by Crippen LogP contribution is 2.39. The maximum atomic E-state index is 14.0. The number of thiophene rings is 1. The van der Waals surface area contributed by atoms with Crippen molar-refractivity contribution in [2.75, 3.05) is 44.5 Å². The number of unbranched alkanes of at least 4 members (excludes halogenated alkanes) is 1. The summed E-state index contributed by atoms with van der Waals surface area (Å²) in [6, 6.07) is 23.2. The molecule has 1 aromatic heterocycles. The Hall–Kier alpha value is -5.33. The minimum atomic E-state index is -0.353. The molecule has 2 N–H and O–H groups in total. The quantitative estimate of drug-likeness (QED) is 0.0591. The number of carbonyl (C=O) groups excluding carboxylic acids is 5.